The molecule has 1 fully saturated rings. The number of anilines is 1. The van der Waals surface area contributed by atoms with E-state index in [1.807, 2.05) is 45.9 Å². The highest BCUT2D eigenvalue weighted by atomic mass is 32.2. The van der Waals surface area contributed by atoms with Crippen molar-refractivity contribution in [2.45, 2.75) is 24.9 Å². The third-order valence-corrected chi connectivity index (χ3v) is 6.61. The van der Waals surface area contributed by atoms with Gasteiger partial charge in [-0.1, -0.05) is 36.9 Å². The number of carbonyl (C=O) groups excluding carboxylic acids is 1. The molecule has 0 bridgehead atoms. The molecular formula is C24H26N6OS. The number of nitrogens with zero attached hydrogens (tertiary/aromatic N) is 6. The highest BCUT2D eigenvalue weighted by Gasteiger charge is 2.20. The Morgan fingerprint density at radius 1 is 1.09 bits per heavy atom. The van der Waals surface area contributed by atoms with Crippen LogP contribution in [0, 0.1) is 11.3 Å². The Labute approximate surface area is 192 Å². The van der Waals surface area contributed by atoms with Crippen LogP contribution < -0.4 is 4.90 Å². The third-order valence-electron chi connectivity index (χ3n) is 5.68. The molecule has 164 valence electrons. The van der Waals surface area contributed by atoms with E-state index in [9.17, 15) is 4.79 Å². The first kappa shape index (κ1) is 21.9. The van der Waals surface area contributed by atoms with E-state index in [1.54, 1.807) is 6.33 Å². The molecule has 1 saturated heterocycles. The van der Waals surface area contributed by atoms with Gasteiger partial charge in [0.1, 0.15) is 6.33 Å². The lowest BCUT2D eigenvalue weighted by molar-refractivity contribution is -0.128. The number of rotatable bonds is 6. The highest BCUT2D eigenvalue weighted by Crippen LogP contribution is 2.23. The average molecular weight is 447 g/mol. The molecule has 1 aliphatic heterocycles. The highest BCUT2D eigenvalue weighted by molar-refractivity contribution is 7.99. The van der Waals surface area contributed by atoms with Crippen LogP contribution in [0.25, 0.3) is 5.69 Å². The van der Waals surface area contributed by atoms with Crippen molar-refractivity contribution in [1.82, 2.24) is 19.7 Å². The van der Waals surface area contributed by atoms with E-state index in [2.05, 4.69) is 40.2 Å². The van der Waals surface area contributed by atoms with Gasteiger partial charge in [0.25, 0.3) is 0 Å². The zero-order valence-corrected chi connectivity index (χ0v) is 19.0. The van der Waals surface area contributed by atoms with Crippen molar-refractivity contribution in [3.05, 3.63) is 66.0 Å². The molecule has 4 rings (SSSR count). The van der Waals surface area contributed by atoms with Crippen molar-refractivity contribution in [3.63, 3.8) is 0 Å². The number of thioether (sulfide) groups is 1. The topological polar surface area (TPSA) is 78.1 Å². The van der Waals surface area contributed by atoms with Crippen molar-refractivity contribution >= 4 is 23.4 Å². The standard InChI is InChI=1S/C24H26N6OS/c1-2-20-6-3-4-7-22(20)30-18-26-27-24(30)32-17-23(31)29-13-5-12-28(14-15-29)21-10-8-19(16-25)9-11-21/h3-4,6-11,18H,2,5,12-15,17H2,1H3. The Balaban J connectivity index is 1.36. The van der Waals surface area contributed by atoms with Gasteiger partial charge in [0.15, 0.2) is 5.16 Å². The van der Waals surface area contributed by atoms with E-state index in [4.69, 9.17) is 5.26 Å². The van der Waals surface area contributed by atoms with Crippen molar-refractivity contribution < 1.29 is 4.79 Å². The van der Waals surface area contributed by atoms with Crippen molar-refractivity contribution in [3.8, 4) is 11.8 Å². The average Bonchev–Trinajstić information content (AvgIpc) is 3.17. The molecule has 0 radical (unpaired) electrons. The SMILES string of the molecule is CCc1ccccc1-n1cnnc1SCC(=O)N1CCCN(c2ccc(C#N)cc2)CC1. The molecule has 1 aromatic heterocycles. The maximum Gasteiger partial charge on any atom is 0.233 e. The van der Waals surface area contributed by atoms with E-state index >= 15 is 0 Å². The second-order valence-electron chi connectivity index (χ2n) is 7.63. The fraction of sp³-hybridized carbons (Fsp3) is 0.333. The fourth-order valence-electron chi connectivity index (χ4n) is 3.92. The largest absolute Gasteiger partial charge is 0.370 e. The molecule has 1 amide bonds. The molecule has 32 heavy (non-hydrogen) atoms. The molecule has 0 spiro atoms. The van der Waals surface area contributed by atoms with E-state index in [1.165, 1.54) is 17.3 Å². The van der Waals surface area contributed by atoms with Crippen LogP contribution in [0.1, 0.15) is 24.5 Å². The fourth-order valence-corrected chi connectivity index (χ4v) is 4.75. The molecule has 0 saturated carbocycles. The Bertz CT molecular complexity index is 1100. The monoisotopic (exact) mass is 446 g/mol. The number of benzene rings is 2. The summed E-state index contributed by atoms with van der Waals surface area (Å²) in [5.41, 5.74) is 4.03. The summed E-state index contributed by atoms with van der Waals surface area (Å²) < 4.78 is 1.96. The molecule has 1 aliphatic rings. The molecule has 0 atom stereocenters. The van der Waals surface area contributed by atoms with Crippen LogP contribution in [0.3, 0.4) is 0 Å². The van der Waals surface area contributed by atoms with Gasteiger partial charge in [-0.15, -0.1) is 10.2 Å². The number of nitriles is 1. The van der Waals surface area contributed by atoms with E-state index in [-0.39, 0.29) is 5.91 Å². The minimum Gasteiger partial charge on any atom is -0.370 e. The number of aryl methyl sites for hydroxylation is 1. The maximum atomic E-state index is 12.9. The molecular weight excluding hydrogens is 420 g/mol. The first-order chi connectivity index (χ1) is 15.7. The van der Waals surface area contributed by atoms with Crippen LogP contribution in [0.15, 0.2) is 60.0 Å². The summed E-state index contributed by atoms with van der Waals surface area (Å²) in [6.45, 7) is 5.23. The minimum atomic E-state index is 0.120. The molecule has 7 nitrogen and oxygen atoms in total. The molecule has 8 heteroatoms. The summed E-state index contributed by atoms with van der Waals surface area (Å²) in [6, 6.07) is 18.0. The van der Waals surface area contributed by atoms with Gasteiger partial charge in [-0.3, -0.25) is 9.36 Å². The van der Waals surface area contributed by atoms with Crippen LogP contribution in [0.5, 0.6) is 0 Å². The van der Waals surface area contributed by atoms with E-state index in [0.29, 0.717) is 17.9 Å². The maximum absolute atomic E-state index is 12.9. The van der Waals surface area contributed by atoms with E-state index in [0.717, 1.165) is 49.0 Å². The summed E-state index contributed by atoms with van der Waals surface area (Å²) in [6.07, 6.45) is 3.54. The number of hydrogen-bond acceptors (Lipinski definition) is 6. The Kier molecular flexibility index (Phi) is 7.07. The number of carbonyl (C=O) groups is 1. The van der Waals surface area contributed by atoms with Gasteiger partial charge in [-0.05, 0) is 48.7 Å². The molecule has 0 aliphatic carbocycles. The molecule has 0 unspecified atom stereocenters. The van der Waals surface area contributed by atoms with Crippen molar-refractivity contribution in [2.24, 2.45) is 0 Å². The number of hydrogen-bond donors (Lipinski definition) is 0. The quantitative estimate of drug-likeness (QED) is 0.539. The zero-order valence-electron chi connectivity index (χ0n) is 18.1. The van der Waals surface area contributed by atoms with Gasteiger partial charge >= 0.3 is 0 Å². The summed E-state index contributed by atoms with van der Waals surface area (Å²) in [7, 11) is 0. The Morgan fingerprint density at radius 3 is 2.69 bits per heavy atom. The molecule has 2 aromatic carbocycles. The summed E-state index contributed by atoms with van der Waals surface area (Å²) in [5.74, 6) is 0.458. The lowest BCUT2D eigenvalue weighted by Crippen LogP contribution is -2.36. The zero-order chi connectivity index (χ0) is 22.3. The number of aromatic nitrogens is 3. The van der Waals surface area contributed by atoms with Gasteiger partial charge in [-0.2, -0.15) is 5.26 Å². The summed E-state index contributed by atoms with van der Waals surface area (Å²) in [5, 5.41) is 18.0. The van der Waals surface area contributed by atoms with Crippen molar-refractivity contribution in [1.29, 1.82) is 5.26 Å². The number of para-hydroxylation sites is 1. The smallest absolute Gasteiger partial charge is 0.233 e. The molecule has 2 heterocycles. The lowest BCUT2D eigenvalue weighted by atomic mass is 10.1. The van der Waals surface area contributed by atoms with Gasteiger partial charge in [0, 0.05) is 31.9 Å². The third kappa shape index (κ3) is 4.94. The first-order valence-electron chi connectivity index (χ1n) is 10.8. The van der Waals surface area contributed by atoms with Gasteiger partial charge < -0.3 is 9.80 Å². The van der Waals surface area contributed by atoms with Gasteiger partial charge in [0.05, 0.1) is 23.1 Å². The van der Waals surface area contributed by atoms with Crippen LogP contribution >= 0.6 is 11.8 Å². The Morgan fingerprint density at radius 2 is 1.91 bits per heavy atom. The van der Waals surface area contributed by atoms with Crippen LogP contribution in [0.2, 0.25) is 0 Å². The molecule has 0 N–H and O–H groups in total. The predicted octanol–water partition coefficient (Wildman–Crippen LogP) is 3.53. The minimum absolute atomic E-state index is 0.120. The Hall–Kier alpha value is -3.31. The first-order valence-corrected chi connectivity index (χ1v) is 11.8. The second-order valence-corrected chi connectivity index (χ2v) is 8.58. The van der Waals surface area contributed by atoms with Gasteiger partial charge in [-0.25, -0.2) is 0 Å². The molecule has 3 aromatic rings. The van der Waals surface area contributed by atoms with E-state index < -0.39 is 0 Å². The van der Waals surface area contributed by atoms with Crippen molar-refractivity contribution in [2.75, 3.05) is 36.8 Å². The summed E-state index contributed by atoms with van der Waals surface area (Å²) in [4.78, 5) is 17.2. The second kappa shape index (κ2) is 10.3. The number of amides is 1. The van der Waals surface area contributed by atoms with Gasteiger partial charge in [0.2, 0.25) is 5.91 Å². The van der Waals surface area contributed by atoms with Crippen LogP contribution in [0.4, 0.5) is 5.69 Å². The normalized spacial score (nSPS) is 14.1. The van der Waals surface area contributed by atoms with Crippen LogP contribution in [-0.2, 0) is 11.2 Å². The van der Waals surface area contributed by atoms with Crippen LogP contribution in [-0.4, -0.2) is 57.5 Å². The predicted molar refractivity (Wildman–Crippen MR) is 126 cm³/mol. The lowest BCUT2D eigenvalue weighted by Gasteiger charge is -2.23. The summed E-state index contributed by atoms with van der Waals surface area (Å²) >= 11 is 1.43.